The Hall–Kier alpha value is -1.77. The summed E-state index contributed by atoms with van der Waals surface area (Å²) >= 11 is 0. The molecule has 0 heterocycles. The lowest BCUT2D eigenvalue weighted by Gasteiger charge is -2.25. The predicted molar refractivity (Wildman–Crippen MR) is 66.2 cm³/mol. The van der Waals surface area contributed by atoms with Crippen LogP contribution in [0.25, 0.3) is 0 Å². The van der Waals surface area contributed by atoms with Crippen molar-refractivity contribution >= 4 is 11.7 Å². The quantitative estimate of drug-likeness (QED) is 0.774. The number of anilines is 1. The molecule has 0 fully saturated rings. The molecule has 86 valence electrons. The number of likely N-dealkylation sites (N-methyl/N-ethyl adjacent to an activating group) is 1. The minimum atomic E-state index is -0.888. The highest BCUT2D eigenvalue weighted by Crippen LogP contribution is 2.25. The van der Waals surface area contributed by atoms with Crippen molar-refractivity contribution in [1.82, 2.24) is 0 Å². The van der Waals surface area contributed by atoms with Gasteiger partial charge < -0.3 is 10.0 Å². The molecule has 0 amide bonds. The molecule has 1 N–H and O–H groups in total. The average molecular weight is 219 g/mol. The molecule has 0 unspecified atom stereocenters. The Bertz CT molecular complexity index is 399. The van der Waals surface area contributed by atoms with Crippen LogP contribution in [-0.2, 0) is 0 Å². The van der Waals surface area contributed by atoms with Crippen molar-refractivity contribution in [3.63, 3.8) is 0 Å². The van der Waals surface area contributed by atoms with Crippen LogP contribution in [0.5, 0.6) is 0 Å². The maximum atomic E-state index is 11.1. The fraction of sp³-hybridized carbons (Fsp3) is 0.308. The Balaban J connectivity index is 3.27. The van der Waals surface area contributed by atoms with Gasteiger partial charge in [-0.1, -0.05) is 18.2 Å². The SMILES string of the molecule is C=CCN(CC)c1c(C)cccc1C(=O)O. The molecule has 16 heavy (non-hydrogen) atoms. The molecular formula is C13H17NO2. The van der Waals surface area contributed by atoms with Crippen molar-refractivity contribution in [2.24, 2.45) is 0 Å². The number of hydrogen-bond acceptors (Lipinski definition) is 2. The number of benzene rings is 1. The number of nitrogens with zero attached hydrogens (tertiary/aromatic N) is 1. The maximum Gasteiger partial charge on any atom is 0.337 e. The summed E-state index contributed by atoms with van der Waals surface area (Å²) in [5, 5.41) is 9.15. The van der Waals surface area contributed by atoms with Crippen LogP contribution in [0.2, 0.25) is 0 Å². The zero-order valence-electron chi connectivity index (χ0n) is 9.73. The Labute approximate surface area is 96.0 Å². The number of hydrogen-bond donors (Lipinski definition) is 1. The number of aryl methyl sites for hydroxylation is 1. The van der Waals surface area contributed by atoms with E-state index in [0.29, 0.717) is 12.1 Å². The normalized spacial score (nSPS) is 9.88. The Morgan fingerprint density at radius 2 is 2.25 bits per heavy atom. The molecule has 0 radical (unpaired) electrons. The van der Waals surface area contributed by atoms with Gasteiger partial charge in [-0.2, -0.15) is 0 Å². The number of carboxylic acid groups (broad SMARTS) is 1. The van der Waals surface area contributed by atoms with Crippen molar-refractivity contribution in [3.8, 4) is 0 Å². The van der Waals surface area contributed by atoms with Gasteiger partial charge in [-0.15, -0.1) is 6.58 Å². The molecule has 3 nitrogen and oxygen atoms in total. The van der Waals surface area contributed by atoms with E-state index in [1.54, 1.807) is 18.2 Å². The van der Waals surface area contributed by atoms with E-state index >= 15 is 0 Å². The smallest absolute Gasteiger partial charge is 0.337 e. The van der Waals surface area contributed by atoms with Gasteiger partial charge in [-0.3, -0.25) is 0 Å². The zero-order valence-corrected chi connectivity index (χ0v) is 9.73. The van der Waals surface area contributed by atoms with Crippen molar-refractivity contribution in [1.29, 1.82) is 0 Å². The summed E-state index contributed by atoms with van der Waals surface area (Å²) in [5.41, 5.74) is 2.12. The first-order chi connectivity index (χ1) is 7.61. The van der Waals surface area contributed by atoms with Gasteiger partial charge in [0.15, 0.2) is 0 Å². The average Bonchev–Trinajstić information content (AvgIpc) is 2.26. The van der Waals surface area contributed by atoms with E-state index < -0.39 is 5.97 Å². The summed E-state index contributed by atoms with van der Waals surface area (Å²) in [7, 11) is 0. The Morgan fingerprint density at radius 3 is 2.75 bits per heavy atom. The van der Waals surface area contributed by atoms with E-state index in [4.69, 9.17) is 5.11 Å². The number of carboxylic acids is 1. The highest BCUT2D eigenvalue weighted by Gasteiger charge is 2.15. The Morgan fingerprint density at radius 1 is 1.56 bits per heavy atom. The standard InChI is InChI=1S/C13H17NO2/c1-4-9-14(5-2)12-10(3)7-6-8-11(12)13(15)16/h4,6-8H,1,5,9H2,2-3H3,(H,15,16). The van der Waals surface area contributed by atoms with E-state index in [9.17, 15) is 4.79 Å². The van der Waals surface area contributed by atoms with Gasteiger partial charge in [0.25, 0.3) is 0 Å². The minimum Gasteiger partial charge on any atom is -0.478 e. The van der Waals surface area contributed by atoms with E-state index in [1.807, 2.05) is 24.8 Å². The molecular weight excluding hydrogens is 202 g/mol. The molecule has 1 rings (SSSR count). The van der Waals surface area contributed by atoms with Crippen LogP contribution in [0.4, 0.5) is 5.69 Å². The molecule has 3 heteroatoms. The summed E-state index contributed by atoms with van der Waals surface area (Å²) in [5.74, 6) is -0.888. The van der Waals surface area contributed by atoms with Crippen LogP contribution in [0, 0.1) is 6.92 Å². The van der Waals surface area contributed by atoms with E-state index in [1.165, 1.54) is 0 Å². The summed E-state index contributed by atoms with van der Waals surface area (Å²) in [6.45, 7) is 9.03. The summed E-state index contributed by atoms with van der Waals surface area (Å²) in [6.07, 6.45) is 1.78. The summed E-state index contributed by atoms with van der Waals surface area (Å²) in [6, 6.07) is 5.33. The van der Waals surface area contributed by atoms with Crippen LogP contribution in [0.3, 0.4) is 0 Å². The van der Waals surface area contributed by atoms with Crippen molar-refractivity contribution in [2.45, 2.75) is 13.8 Å². The van der Waals surface area contributed by atoms with Crippen LogP contribution in [-0.4, -0.2) is 24.2 Å². The fourth-order valence-corrected chi connectivity index (χ4v) is 1.79. The first-order valence-electron chi connectivity index (χ1n) is 5.30. The zero-order chi connectivity index (χ0) is 12.1. The first-order valence-corrected chi connectivity index (χ1v) is 5.30. The van der Waals surface area contributed by atoms with E-state index in [-0.39, 0.29) is 0 Å². The number of carbonyl (C=O) groups is 1. The molecule has 0 saturated heterocycles. The highest BCUT2D eigenvalue weighted by molar-refractivity contribution is 5.95. The largest absolute Gasteiger partial charge is 0.478 e. The number of rotatable bonds is 5. The molecule has 0 aliphatic rings. The van der Waals surface area contributed by atoms with Gasteiger partial charge in [0.2, 0.25) is 0 Å². The molecule has 0 aliphatic heterocycles. The molecule has 1 aromatic rings. The van der Waals surface area contributed by atoms with Gasteiger partial charge in [-0.25, -0.2) is 4.79 Å². The third-order valence-electron chi connectivity index (χ3n) is 2.52. The van der Waals surface area contributed by atoms with E-state index in [2.05, 4.69) is 6.58 Å². The minimum absolute atomic E-state index is 0.351. The number of aromatic carboxylic acids is 1. The topological polar surface area (TPSA) is 40.5 Å². The Kier molecular flexibility index (Phi) is 4.11. The molecule has 0 aliphatic carbocycles. The van der Waals surface area contributed by atoms with Crippen LogP contribution < -0.4 is 4.90 Å². The predicted octanol–water partition coefficient (Wildman–Crippen LogP) is 2.71. The molecule has 0 atom stereocenters. The lowest BCUT2D eigenvalue weighted by Crippen LogP contribution is -2.25. The van der Waals surface area contributed by atoms with Gasteiger partial charge in [0, 0.05) is 13.1 Å². The van der Waals surface area contributed by atoms with Crippen molar-refractivity contribution < 1.29 is 9.90 Å². The lowest BCUT2D eigenvalue weighted by atomic mass is 10.1. The van der Waals surface area contributed by atoms with Gasteiger partial charge in [0.1, 0.15) is 0 Å². The maximum absolute atomic E-state index is 11.1. The first kappa shape index (κ1) is 12.3. The van der Waals surface area contributed by atoms with Crippen LogP contribution in [0.15, 0.2) is 30.9 Å². The lowest BCUT2D eigenvalue weighted by molar-refractivity contribution is 0.0697. The second-order valence-electron chi connectivity index (χ2n) is 3.60. The van der Waals surface area contributed by atoms with Crippen LogP contribution >= 0.6 is 0 Å². The second kappa shape index (κ2) is 5.35. The molecule has 0 aromatic heterocycles. The van der Waals surface area contributed by atoms with Gasteiger partial charge in [0.05, 0.1) is 11.3 Å². The van der Waals surface area contributed by atoms with Crippen molar-refractivity contribution in [3.05, 3.63) is 42.0 Å². The monoisotopic (exact) mass is 219 g/mol. The molecule has 0 bridgehead atoms. The molecule has 1 aromatic carbocycles. The fourth-order valence-electron chi connectivity index (χ4n) is 1.79. The molecule has 0 saturated carbocycles. The van der Waals surface area contributed by atoms with E-state index in [0.717, 1.165) is 17.8 Å². The summed E-state index contributed by atoms with van der Waals surface area (Å²) in [4.78, 5) is 13.2. The third kappa shape index (κ3) is 2.42. The van der Waals surface area contributed by atoms with Gasteiger partial charge in [-0.05, 0) is 25.5 Å². The van der Waals surface area contributed by atoms with Crippen molar-refractivity contribution in [2.75, 3.05) is 18.0 Å². The van der Waals surface area contributed by atoms with Gasteiger partial charge >= 0.3 is 5.97 Å². The number of para-hydroxylation sites is 1. The summed E-state index contributed by atoms with van der Waals surface area (Å²) < 4.78 is 0. The third-order valence-corrected chi connectivity index (χ3v) is 2.52. The molecule has 0 spiro atoms. The van der Waals surface area contributed by atoms with Crippen LogP contribution in [0.1, 0.15) is 22.8 Å². The second-order valence-corrected chi connectivity index (χ2v) is 3.60. The highest BCUT2D eigenvalue weighted by atomic mass is 16.4.